The monoisotopic (exact) mass is 289 g/mol. The molecule has 0 atom stereocenters. The topological polar surface area (TPSA) is 50.7 Å². The molecule has 0 radical (unpaired) electrons. The first-order valence-corrected chi connectivity index (χ1v) is 6.79. The van der Waals surface area contributed by atoms with Gasteiger partial charge in [-0.3, -0.25) is 0 Å². The summed E-state index contributed by atoms with van der Waals surface area (Å²) in [5.41, 5.74) is 1.57. The van der Waals surface area contributed by atoms with Gasteiger partial charge in [-0.15, -0.1) is 0 Å². The van der Waals surface area contributed by atoms with Gasteiger partial charge < -0.3 is 19.9 Å². The van der Waals surface area contributed by atoms with E-state index in [4.69, 9.17) is 9.47 Å². The molecule has 2 aromatic rings. The molecule has 0 bridgehead atoms. The summed E-state index contributed by atoms with van der Waals surface area (Å²) in [6.07, 6.45) is 0. The number of aromatic hydroxyl groups is 1. The van der Waals surface area contributed by atoms with Crippen LogP contribution in [0.4, 0.5) is 4.39 Å². The Kier molecular flexibility index (Phi) is 3.92. The molecular formula is C16H16FNO3. The minimum atomic E-state index is -0.357. The van der Waals surface area contributed by atoms with Gasteiger partial charge in [-0.2, -0.15) is 0 Å². The van der Waals surface area contributed by atoms with Gasteiger partial charge in [-0.05, 0) is 35.9 Å². The van der Waals surface area contributed by atoms with Crippen molar-refractivity contribution in [2.75, 3.05) is 13.2 Å². The van der Waals surface area contributed by atoms with Crippen LogP contribution >= 0.6 is 0 Å². The van der Waals surface area contributed by atoms with Gasteiger partial charge in [0.15, 0.2) is 11.5 Å². The lowest BCUT2D eigenvalue weighted by molar-refractivity contribution is 0.171. The molecule has 0 amide bonds. The molecule has 1 aliphatic rings. The second kappa shape index (κ2) is 6.01. The van der Waals surface area contributed by atoms with Crippen LogP contribution in [0, 0.1) is 5.82 Å². The van der Waals surface area contributed by atoms with Gasteiger partial charge >= 0.3 is 0 Å². The molecule has 4 nitrogen and oxygen atoms in total. The molecule has 0 saturated carbocycles. The first-order valence-electron chi connectivity index (χ1n) is 6.79. The summed E-state index contributed by atoms with van der Waals surface area (Å²) < 4.78 is 24.1. The normalized spacial score (nSPS) is 13.2. The van der Waals surface area contributed by atoms with Crippen molar-refractivity contribution in [3.63, 3.8) is 0 Å². The van der Waals surface area contributed by atoms with E-state index in [0.29, 0.717) is 31.9 Å². The predicted molar refractivity (Wildman–Crippen MR) is 76.0 cm³/mol. The first kappa shape index (κ1) is 13.7. The lowest BCUT2D eigenvalue weighted by Crippen LogP contribution is -2.16. The summed E-state index contributed by atoms with van der Waals surface area (Å²) in [7, 11) is 0. The fourth-order valence-corrected chi connectivity index (χ4v) is 2.23. The van der Waals surface area contributed by atoms with Crippen LogP contribution in [-0.2, 0) is 13.1 Å². The second-order valence-corrected chi connectivity index (χ2v) is 4.85. The number of hydrogen-bond acceptors (Lipinski definition) is 4. The SMILES string of the molecule is Oc1ccc(F)cc1CNCc1ccc2c(c1)OCCO2. The van der Waals surface area contributed by atoms with E-state index in [0.717, 1.165) is 17.1 Å². The minimum Gasteiger partial charge on any atom is -0.508 e. The van der Waals surface area contributed by atoms with Gasteiger partial charge in [0.05, 0.1) is 0 Å². The standard InChI is InChI=1S/C16H16FNO3/c17-13-2-3-14(19)12(8-13)10-18-9-11-1-4-15-16(7-11)21-6-5-20-15/h1-4,7-8,18-19H,5-6,9-10H2. The number of rotatable bonds is 4. The van der Waals surface area contributed by atoms with Crippen molar-refractivity contribution in [1.82, 2.24) is 5.32 Å². The Morgan fingerprint density at radius 1 is 1.00 bits per heavy atom. The van der Waals surface area contributed by atoms with Crippen molar-refractivity contribution in [2.24, 2.45) is 0 Å². The summed E-state index contributed by atoms with van der Waals surface area (Å²) in [4.78, 5) is 0. The van der Waals surface area contributed by atoms with E-state index in [1.54, 1.807) is 0 Å². The molecule has 110 valence electrons. The highest BCUT2D eigenvalue weighted by Crippen LogP contribution is 2.30. The maximum Gasteiger partial charge on any atom is 0.161 e. The van der Waals surface area contributed by atoms with E-state index in [2.05, 4.69) is 5.32 Å². The van der Waals surface area contributed by atoms with Crippen molar-refractivity contribution in [3.05, 3.63) is 53.3 Å². The zero-order chi connectivity index (χ0) is 14.7. The van der Waals surface area contributed by atoms with Crippen molar-refractivity contribution >= 4 is 0 Å². The molecule has 0 unspecified atom stereocenters. The third-order valence-corrected chi connectivity index (χ3v) is 3.29. The molecule has 0 saturated heterocycles. The average Bonchev–Trinajstić information content (AvgIpc) is 2.50. The lowest BCUT2D eigenvalue weighted by Gasteiger charge is -2.19. The van der Waals surface area contributed by atoms with Crippen LogP contribution in [0.15, 0.2) is 36.4 Å². The summed E-state index contributed by atoms with van der Waals surface area (Å²) in [5, 5.41) is 12.8. The van der Waals surface area contributed by atoms with Crippen molar-refractivity contribution in [2.45, 2.75) is 13.1 Å². The zero-order valence-corrected chi connectivity index (χ0v) is 11.4. The largest absolute Gasteiger partial charge is 0.508 e. The summed E-state index contributed by atoms with van der Waals surface area (Å²) in [6, 6.07) is 9.67. The van der Waals surface area contributed by atoms with E-state index < -0.39 is 0 Å². The highest BCUT2D eigenvalue weighted by atomic mass is 19.1. The maximum absolute atomic E-state index is 13.1. The van der Waals surface area contributed by atoms with Crippen molar-refractivity contribution < 1.29 is 19.0 Å². The number of halogens is 1. The van der Waals surface area contributed by atoms with Gasteiger partial charge in [-0.25, -0.2) is 4.39 Å². The predicted octanol–water partition coefficient (Wildman–Crippen LogP) is 2.59. The van der Waals surface area contributed by atoms with Crippen LogP contribution in [0.2, 0.25) is 0 Å². The molecule has 2 N–H and O–H groups in total. The van der Waals surface area contributed by atoms with Crippen LogP contribution in [0.5, 0.6) is 17.2 Å². The van der Waals surface area contributed by atoms with Gasteiger partial charge in [-0.1, -0.05) is 6.07 Å². The van der Waals surface area contributed by atoms with E-state index in [9.17, 15) is 9.50 Å². The Hall–Kier alpha value is -2.27. The maximum atomic E-state index is 13.1. The third-order valence-electron chi connectivity index (χ3n) is 3.29. The molecule has 1 aliphatic heterocycles. The zero-order valence-electron chi connectivity index (χ0n) is 11.4. The molecule has 0 aromatic heterocycles. The minimum absolute atomic E-state index is 0.0890. The number of fused-ring (bicyclic) bond motifs is 1. The molecule has 0 spiro atoms. The van der Waals surface area contributed by atoms with Gasteiger partial charge in [0.1, 0.15) is 24.8 Å². The summed E-state index contributed by atoms with van der Waals surface area (Å²) in [5.74, 6) is 1.23. The van der Waals surface area contributed by atoms with Crippen LogP contribution in [0.3, 0.4) is 0 Å². The Bertz CT molecular complexity index is 645. The molecule has 1 heterocycles. The Morgan fingerprint density at radius 3 is 2.67 bits per heavy atom. The fraction of sp³-hybridized carbons (Fsp3) is 0.250. The van der Waals surface area contributed by atoms with Gasteiger partial charge in [0.2, 0.25) is 0 Å². The van der Waals surface area contributed by atoms with E-state index in [1.807, 2.05) is 18.2 Å². The van der Waals surface area contributed by atoms with E-state index in [1.165, 1.54) is 18.2 Å². The Morgan fingerprint density at radius 2 is 1.81 bits per heavy atom. The third kappa shape index (κ3) is 3.25. The van der Waals surface area contributed by atoms with Crippen LogP contribution in [-0.4, -0.2) is 18.3 Å². The van der Waals surface area contributed by atoms with Crippen LogP contribution in [0.1, 0.15) is 11.1 Å². The number of phenols is 1. The quantitative estimate of drug-likeness (QED) is 0.908. The average molecular weight is 289 g/mol. The van der Waals surface area contributed by atoms with Crippen LogP contribution in [0.25, 0.3) is 0 Å². The molecule has 21 heavy (non-hydrogen) atoms. The van der Waals surface area contributed by atoms with Crippen LogP contribution < -0.4 is 14.8 Å². The number of benzene rings is 2. The van der Waals surface area contributed by atoms with Crippen molar-refractivity contribution in [3.8, 4) is 17.2 Å². The highest BCUT2D eigenvalue weighted by molar-refractivity contribution is 5.43. The second-order valence-electron chi connectivity index (χ2n) is 4.85. The number of phenolic OH excluding ortho intramolecular Hbond substituents is 1. The molecular weight excluding hydrogens is 273 g/mol. The van der Waals surface area contributed by atoms with Crippen molar-refractivity contribution in [1.29, 1.82) is 0 Å². The van der Waals surface area contributed by atoms with Gasteiger partial charge in [0, 0.05) is 18.7 Å². The Labute approximate surface area is 122 Å². The number of ether oxygens (including phenoxy) is 2. The Balaban J connectivity index is 1.61. The van der Waals surface area contributed by atoms with Gasteiger partial charge in [0.25, 0.3) is 0 Å². The molecule has 0 fully saturated rings. The number of hydrogen-bond donors (Lipinski definition) is 2. The summed E-state index contributed by atoms with van der Waals surface area (Å²) >= 11 is 0. The van der Waals surface area contributed by atoms with E-state index in [-0.39, 0.29) is 11.6 Å². The molecule has 3 rings (SSSR count). The van der Waals surface area contributed by atoms with E-state index >= 15 is 0 Å². The smallest absolute Gasteiger partial charge is 0.161 e. The fourth-order valence-electron chi connectivity index (χ4n) is 2.23. The molecule has 0 aliphatic carbocycles. The molecule has 2 aromatic carbocycles. The highest BCUT2D eigenvalue weighted by Gasteiger charge is 2.11. The summed E-state index contributed by atoms with van der Waals surface area (Å²) in [6.45, 7) is 2.11. The number of nitrogens with one attached hydrogen (secondary N) is 1. The lowest BCUT2D eigenvalue weighted by atomic mass is 10.1. The first-order chi connectivity index (χ1) is 10.2. The molecule has 5 heteroatoms.